The maximum Gasteiger partial charge on any atom is 0.244 e. The standard InChI is InChI=1S/C11H19N3O2/c1-14(7-8-2-4-12-5-3-8)9-6-10(15)13-11(9)16/h8-9,12H,2-7H2,1H3,(H,13,15,16). The van der Waals surface area contributed by atoms with Crippen LogP contribution in [0, 0.1) is 5.92 Å². The van der Waals surface area contributed by atoms with Crippen molar-refractivity contribution in [3.8, 4) is 0 Å². The number of imide groups is 1. The zero-order valence-corrected chi connectivity index (χ0v) is 9.66. The maximum absolute atomic E-state index is 11.5. The molecule has 0 spiro atoms. The summed E-state index contributed by atoms with van der Waals surface area (Å²) in [6.07, 6.45) is 2.64. The third-order valence-corrected chi connectivity index (χ3v) is 3.48. The number of carbonyl (C=O) groups is 2. The van der Waals surface area contributed by atoms with Crippen LogP contribution in [0.25, 0.3) is 0 Å². The highest BCUT2D eigenvalue weighted by Crippen LogP contribution is 2.16. The number of likely N-dealkylation sites (N-methyl/N-ethyl adjacent to an activating group) is 1. The lowest BCUT2D eigenvalue weighted by molar-refractivity contribution is -0.126. The first-order valence-electron chi connectivity index (χ1n) is 5.91. The van der Waals surface area contributed by atoms with E-state index in [4.69, 9.17) is 0 Å². The highest BCUT2D eigenvalue weighted by atomic mass is 16.2. The molecular weight excluding hydrogens is 206 g/mol. The summed E-state index contributed by atoms with van der Waals surface area (Å²) in [5.41, 5.74) is 0. The normalized spacial score (nSPS) is 27.5. The van der Waals surface area contributed by atoms with Gasteiger partial charge in [-0.05, 0) is 38.9 Å². The van der Waals surface area contributed by atoms with Gasteiger partial charge in [0.2, 0.25) is 11.8 Å². The number of nitrogens with one attached hydrogen (secondary N) is 2. The molecule has 1 unspecified atom stereocenters. The minimum absolute atomic E-state index is 0.138. The van der Waals surface area contributed by atoms with Gasteiger partial charge in [-0.1, -0.05) is 0 Å². The molecule has 0 aromatic carbocycles. The Hall–Kier alpha value is -0.940. The molecule has 1 atom stereocenters. The molecule has 2 heterocycles. The van der Waals surface area contributed by atoms with Crippen LogP contribution in [0.1, 0.15) is 19.3 Å². The average molecular weight is 225 g/mol. The van der Waals surface area contributed by atoms with Crippen molar-refractivity contribution in [3.05, 3.63) is 0 Å². The van der Waals surface area contributed by atoms with Crippen LogP contribution in [0.3, 0.4) is 0 Å². The Labute approximate surface area is 95.6 Å². The number of hydrogen-bond acceptors (Lipinski definition) is 4. The number of carbonyl (C=O) groups excluding carboxylic acids is 2. The van der Waals surface area contributed by atoms with E-state index in [1.165, 1.54) is 0 Å². The zero-order chi connectivity index (χ0) is 11.5. The predicted molar refractivity (Wildman–Crippen MR) is 59.8 cm³/mol. The molecule has 2 fully saturated rings. The second-order valence-corrected chi connectivity index (χ2v) is 4.77. The monoisotopic (exact) mass is 225 g/mol. The van der Waals surface area contributed by atoms with Gasteiger partial charge in [0, 0.05) is 6.54 Å². The molecule has 5 nitrogen and oxygen atoms in total. The lowest BCUT2D eigenvalue weighted by Crippen LogP contribution is -2.42. The Balaban J connectivity index is 1.84. The topological polar surface area (TPSA) is 61.4 Å². The van der Waals surface area contributed by atoms with Gasteiger partial charge in [-0.25, -0.2) is 0 Å². The summed E-state index contributed by atoms with van der Waals surface area (Å²) in [5, 5.41) is 5.67. The highest BCUT2D eigenvalue weighted by molar-refractivity contribution is 6.05. The summed E-state index contributed by atoms with van der Waals surface area (Å²) in [6.45, 7) is 3.04. The molecule has 0 aromatic rings. The first-order valence-corrected chi connectivity index (χ1v) is 5.91. The van der Waals surface area contributed by atoms with Crippen molar-refractivity contribution >= 4 is 11.8 Å². The minimum atomic E-state index is -0.248. The number of hydrogen-bond donors (Lipinski definition) is 2. The summed E-state index contributed by atoms with van der Waals surface area (Å²) >= 11 is 0. The van der Waals surface area contributed by atoms with Crippen LogP contribution >= 0.6 is 0 Å². The fourth-order valence-corrected chi connectivity index (χ4v) is 2.49. The van der Waals surface area contributed by atoms with Crippen molar-refractivity contribution in [2.75, 3.05) is 26.7 Å². The molecule has 5 heteroatoms. The molecule has 2 rings (SSSR count). The molecule has 2 N–H and O–H groups in total. The van der Waals surface area contributed by atoms with Crippen LogP contribution in [0.2, 0.25) is 0 Å². The van der Waals surface area contributed by atoms with Crippen LogP contribution in [0.4, 0.5) is 0 Å². The van der Waals surface area contributed by atoms with Crippen molar-refractivity contribution in [2.45, 2.75) is 25.3 Å². The molecule has 0 bridgehead atoms. The van der Waals surface area contributed by atoms with Gasteiger partial charge in [-0.15, -0.1) is 0 Å². The Kier molecular flexibility index (Phi) is 3.56. The zero-order valence-electron chi connectivity index (χ0n) is 9.66. The molecule has 2 saturated heterocycles. The lowest BCUT2D eigenvalue weighted by Gasteiger charge is -2.29. The maximum atomic E-state index is 11.5. The van der Waals surface area contributed by atoms with E-state index in [0.717, 1.165) is 32.5 Å². The van der Waals surface area contributed by atoms with Crippen LogP contribution in [0.5, 0.6) is 0 Å². The smallest absolute Gasteiger partial charge is 0.244 e. The molecule has 0 aromatic heterocycles. The molecule has 0 saturated carbocycles. The fraction of sp³-hybridized carbons (Fsp3) is 0.818. The van der Waals surface area contributed by atoms with Crippen molar-refractivity contribution in [3.63, 3.8) is 0 Å². The van der Waals surface area contributed by atoms with Gasteiger partial charge in [0.1, 0.15) is 0 Å². The van der Waals surface area contributed by atoms with Gasteiger partial charge >= 0.3 is 0 Å². The molecular formula is C11H19N3O2. The van der Waals surface area contributed by atoms with E-state index in [9.17, 15) is 9.59 Å². The summed E-state index contributed by atoms with van der Waals surface area (Å²) < 4.78 is 0. The first kappa shape index (κ1) is 11.5. The summed E-state index contributed by atoms with van der Waals surface area (Å²) in [4.78, 5) is 24.6. The summed E-state index contributed by atoms with van der Waals surface area (Å²) in [5.74, 6) is 0.364. The van der Waals surface area contributed by atoms with Gasteiger partial charge in [-0.2, -0.15) is 0 Å². The third kappa shape index (κ3) is 2.59. The van der Waals surface area contributed by atoms with E-state index < -0.39 is 0 Å². The van der Waals surface area contributed by atoms with E-state index in [2.05, 4.69) is 10.6 Å². The molecule has 2 aliphatic rings. The summed E-state index contributed by atoms with van der Waals surface area (Å²) in [6, 6.07) is -0.248. The SMILES string of the molecule is CN(CC1CCNCC1)C1CC(=O)NC1=O. The van der Waals surface area contributed by atoms with Crippen molar-refractivity contribution in [1.82, 2.24) is 15.5 Å². The quantitative estimate of drug-likeness (QED) is 0.626. The number of rotatable bonds is 3. The molecule has 2 amide bonds. The Morgan fingerprint density at radius 2 is 2.00 bits per heavy atom. The second-order valence-electron chi connectivity index (χ2n) is 4.77. The van der Waals surface area contributed by atoms with Crippen molar-refractivity contribution < 1.29 is 9.59 Å². The molecule has 90 valence electrons. The van der Waals surface area contributed by atoms with Crippen LogP contribution in [-0.4, -0.2) is 49.4 Å². The van der Waals surface area contributed by atoms with Gasteiger partial charge in [0.25, 0.3) is 0 Å². The van der Waals surface area contributed by atoms with E-state index >= 15 is 0 Å². The third-order valence-electron chi connectivity index (χ3n) is 3.48. The predicted octanol–water partition coefficient (Wildman–Crippen LogP) is -0.667. The van der Waals surface area contributed by atoms with E-state index in [1.54, 1.807) is 0 Å². The Bertz CT molecular complexity index is 287. The van der Waals surface area contributed by atoms with Gasteiger partial charge in [0.15, 0.2) is 0 Å². The Morgan fingerprint density at radius 3 is 2.56 bits per heavy atom. The van der Waals surface area contributed by atoms with Crippen molar-refractivity contribution in [1.29, 1.82) is 0 Å². The van der Waals surface area contributed by atoms with Gasteiger partial charge < -0.3 is 5.32 Å². The highest BCUT2D eigenvalue weighted by Gasteiger charge is 2.34. The number of nitrogens with zero attached hydrogens (tertiary/aromatic N) is 1. The van der Waals surface area contributed by atoms with Crippen molar-refractivity contribution in [2.24, 2.45) is 5.92 Å². The molecule has 16 heavy (non-hydrogen) atoms. The van der Waals surface area contributed by atoms with Crippen LogP contribution < -0.4 is 10.6 Å². The number of amides is 2. The fourth-order valence-electron chi connectivity index (χ4n) is 2.49. The molecule has 0 aliphatic carbocycles. The first-order chi connectivity index (χ1) is 7.66. The Morgan fingerprint density at radius 1 is 1.31 bits per heavy atom. The van der Waals surface area contributed by atoms with Crippen LogP contribution in [-0.2, 0) is 9.59 Å². The second kappa shape index (κ2) is 4.93. The largest absolute Gasteiger partial charge is 0.317 e. The molecule has 2 aliphatic heterocycles. The van der Waals surface area contributed by atoms with Gasteiger partial charge in [-0.3, -0.25) is 19.8 Å². The van der Waals surface area contributed by atoms with E-state index in [-0.39, 0.29) is 17.9 Å². The minimum Gasteiger partial charge on any atom is -0.317 e. The van der Waals surface area contributed by atoms with E-state index in [0.29, 0.717) is 12.3 Å². The van der Waals surface area contributed by atoms with Gasteiger partial charge in [0.05, 0.1) is 12.5 Å². The van der Waals surface area contributed by atoms with Crippen LogP contribution in [0.15, 0.2) is 0 Å². The lowest BCUT2D eigenvalue weighted by atomic mass is 9.97. The number of piperidine rings is 1. The summed E-state index contributed by atoms with van der Waals surface area (Å²) in [7, 11) is 1.94. The average Bonchev–Trinajstić information content (AvgIpc) is 2.59. The molecule has 0 radical (unpaired) electrons. The van der Waals surface area contributed by atoms with E-state index in [1.807, 2.05) is 11.9 Å².